The van der Waals surface area contributed by atoms with E-state index < -0.39 is 11.8 Å². The van der Waals surface area contributed by atoms with Crippen molar-refractivity contribution in [2.24, 2.45) is 0 Å². The van der Waals surface area contributed by atoms with Gasteiger partial charge in [-0.25, -0.2) is 9.18 Å². The van der Waals surface area contributed by atoms with E-state index in [2.05, 4.69) is 13.2 Å². The summed E-state index contributed by atoms with van der Waals surface area (Å²) >= 11 is 0. The third-order valence-electron chi connectivity index (χ3n) is 2.05. The first kappa shape index (κ1) is 11.9. The van der Waals surface area contributed by atoms with Crippen molar-refractivity contribution in [3.63, 3.8) is 0 Å². The summed E-state index contributed by atoms with van der Waals surface area (Å²) < 4.78 is 13.4. The number of rotatable bonds is 4. The highest BCUT2D eigenvalue weighted by Gasteiger charge is 2.10. The lowest BCUT2D eigenvalue weighted by atomic mass is 10.0. The Bertz CT molecular complexity index is 473. The summed E-state index contributed by atoms with van der Waals surface area (Å²) in [5.74, 6) is -2.04. The van der Waals surface area contributed by atoms with E-state index in [-0.39, 0.29) is 5.56 Å². The van der Waals surface area contributed by atoms with Crippen molar-refractivity contribution >= 4 is 11.5 Å². The Morgan fingerprint density at radius 1 is 1.38 bits per heavy atom. The zero-order valence-electron chi connectivity index (χ0n) is 8.61. The van der Waals surface area contributed by atoms with Gasteiger partial charge >= 0.3 is 5.97 Å². The fourth-order valence-corrected chi connectivity index (χ4v) is 1.28. The Labute approximate surface area is 93.0 Å². The summed E-state index contributed by atoms with van der Waals surface area (Å²) in [6, 6.07) is 3.93. The van der Waals surface area contributed by atoms with Crippen LogP contribution in [0, 0.1) is 5.82 Å². The molecule has 1 rings (SSSR count). The molecule has 0 radical (unpaired) electrons. The second kappa shape index (κ2) is 5.07. The minimum Gasteiger partial charge on any atom is -0.478 e. The first-order valence-corrected chi connectivity index (χ1v) is 4.58. The molecule has 0 bridgehead atoms. The highest BCUT2D eigenvalue weighted by atomic mass is 19.1. The minimum atomic E-state index is -1.28. The van der Waals surface area contributed by atoms with E-state index in [0.29, 0.717) is 11.1 Å². The van der Waals surface area contributed by atoms with Crippen LogP contribution < -0.4 is 0 Å². The maximum absolute atomic E-state index is 13.4. The fourth-order valence-electron chi connectivity index (χ4n) is 1.28. The lowest BCUT2D eigenvalue weighted by molar-refractivity contribution is 0.0692. The molecule has 3 heteroatoms. The summed E-state index contributed by atoms with van der Waals surface area (Å²) in [7, 11) is 0. The van der Waals surface area contributed by atoms with Gasteiger partial charge in [-0.1, -0.05) is 37.5 Å². The van der Waals surface area contributed by atoms with E-state index in [4.69, 9.17) is 5.11 Å². The zero-order valence-corrected chi connectivity index (χ0v) is 8.61. The van der Waals surface area contributed by atoms with Crippen molar-refractivity contribution < 1.29 is 14.3 Å². The van der Waals surface area contributed by atoms with Crippen LogP contribution in [0.3, 0.4) is 0 Å². The first-order chi connectivity index (χ1) is 7.60. The van der Waals surface area contributed by atoms with Gasteiger partial charge in [0, 0.05) is 0 Å². The maximum atomic E-state index is 13.4. The van der Waals surface area contributed by atoms with Gasteiger partial charge in [0.15, 0.2) is 0 Å². The first-order valence-electron chi connectivity index (χ1n) is 4.58. The second-order valence-corrected chi connectivity index (χ2v) is 3.06. The van der Waals surface area contributed by atoms with Crippen LogP contribution in [-0.2, 0) is 0 Å². The molecule has 0 fully saturated rings. The van der Waals surface area contributed by atoms with Crippen LogP contribution in [0.1, 0.15) is 15.9 Å². The summed E-state index contributed by atoms with van der Waals surface area (Å²) in [5, 5.41) is 8.66. The van der Waals surface area contributed by atoms with Crippen molar-refractivity contribution in [3.05, 3.63) is 66.5 Å². The predicted molar refractivity (Wildman–Crippen MR) is 61.7 cm³/mol. The number of carbonyl (C=O) groups is 1. The molecule has 16 heavy (non-hydrogen) atoms. The Morgan fingerprint density at radius 2 is 2.06 bits per heavy atom. The lowest BCUT2D eigenvalue weighted by Crippen LogP contribution is -2.00. The molecule has 0 saturated carbocycles. The summed E-state index contributed by atoms with van der Waals surface area (Å²) in [6.45, 7) is 7.12. The van der Waals surface area contributed by atoms with Crippen LogP contribution in [0.15, 0.2) is 49.6 Å². The number of carboxylic acid groups (broad SMARTS) is 1. The lowest BCUT2D eigenvalue weighted by Gasteiger charge is -2.03. The molecule has 0 spiro atoms. The van der Waals surface area contributed by atoms with E-state index in [0.717, 1.165) is 0 Å². The summed E-state index contributed by atoms with van der Waals surface area (Å²) in [5.41, 5.74) is 0.911. The molecule has 82 valence electrons. The Kier molecular flexibility index (Phi) is 3.78. The van der Waals surface area contributed by atoms with Crippen LogP contribution >= 0.6 is 0 Å². The van der Waals surface area contributed by atoms with Gasteiger partial charge in [-0.3, -0.25) is 0 Å². The van der Waals surface area contributed by atoms with Crippen molar-refractivity contribution in [2.75, 3.05) is 0 Å². The van der Waals surface area contributed by atoms with Gasteiger partial charge < -0.3 is 5.11 Å². The third kappa shape index (κ3) is 2.45. The predicted octanol–water partition coefficient (Wildman–Crippen LogP) is 3.28. The third-order valence-corrected chi connectivity index (χ3v) is 2.05. The zero-order chi connectivity index (χ0) is 12.1. The number of aromatic carboxylic acids is 1. The smallest absolute Gasteiger partial charge is 0.338 e. The van der Waals surface area contributed by atoms with E-state index in [1.54, 1.807) is 18.2 Å². The second-order valence-electron chi connectivity index (χ2n) is 3.06. The molecular formula is C13H11FO2. The average Bonchev–Trinajstić information content (AvgIpc) is 2.25. The topological polar surface area (TPSA) is 37.3 Å². The maximum Gasteiger partial charge on any atom is 0.338 e. The molecule has 0 amide bonds. The van der Waals surface area contributed by atoms with Gasteiger partial charge in [-0.2, -0.15) is 0 Å². The van der Waals surface area contributed by atoms with Gasteiger partial charge in [-0.05, 0) is 23.3 Å². The van der Waals surface area contributed by atoms with Crippen LogP contribution in [0.25, 0.3) is 5.57 Å². The molecule has 0 saturated heterocycles. The minimum absolute atomic E-state index is 0.342. The van der Waals surface area contributed by atoms with Crippen molar-refractivity contribution in [3.8, 4) is 0 Å². The quantitative estimate of drug-likeness (QED) is 0.787. The number of allylic oxidation sites excluding steroid dienone is 4. The van der Waals surface area contributed by atoms with Gasteiger partial charge in [0.05, 0.1) is 5.56 Å². The number of carboxylic acids is 1. The van der Waals surface area contributed by atoms with Crippen molar-refractivity contribution in [2.45, 2.75) is 0 Å². The van der Waals surface area contributed by atoms with Crippen LogP contribution in [0.5, 0.6) is 0 Å². The van der Waals surface area contributed by atoms with E-state index in [1.807, 2.05) is 0 Å². The molecule has 0 aliphatic rings. The normalized spacial score (nSPS) is 10.9. The molecule has 1 aromatic rings. The highest BCUT2D eigenvalue weighted by Crippen LogP contribution is 2.19. The molecule has 0 atom stereocenters. The average molecular weight is 218 g/mol. The Hall–Kier alpha value is -2.16. The standard InChI is InChI=1S/C13H11FO2/c1-3-5-9(4-2)10-6-7-11(13(15)16)12(14)8-10/h3-8H,1-2H2,(H,15,16)/b9-5+. The molecule has 0 unspecified atom stereocenters. The number of hydrogen-bond donors (Lipinski definition) is 1. The molecule has 0 aromatic heterocycles. The SMILES string of the molecule is C=C/C=C(\C=C)c1ccc(C(=O)O)c(F)c1. The molecular weight excluding hydrogens is 207 g/mol. The molecule has 1 aromatic carbocycles. The Morgan fingerprint density at radius 3 is 2.50 bits per heavy atom. The summed E-state index contributed by atoms with van der Waals surface area (Å²) in [4.78, 5) is 10.6. The summed E-state index contributed by atoms with van der Waals surface area (Å²) in [6.07, 6.45) is 4.78. The van der Waals surface area contributed by atoms with Crippen LogP contribution in [-0.4, -0.2) is 11.1 Å². The highest BCUT2D eigenvalue weighted by molar-refractivity contribution is 5.88. The van der Waals surface area contributed by atoms with Crippen LogP contribution in [0.2, 0.25) is 0 Å². The number of halogens is 1. The monoisotopic (exact) mass is 218 g/mol. The number of benzene rings is 1. The van der Waals surface area contributed by atoms with Gasteiger partial charge in [-0.15, -0.1) is 0 Å². The molecule has 0 aliphatic heterocycles. The fraction of sp³-hybridized carbons (Fsp3) is 0. The molecule has 0 heterocycles. The van der Waals surface area contributed by atoms with E-state index in [1.165, 1.54) is 18.2 Å². The molecule has 0 aliphatic carbocycles. The van der Waals surface area contributed by atoms with Crippen molar-refractivity contribution in [1.82, 2.24) is 0 Å². The van der Waals surface area contributed by atoms with E-state index >= 15 is 0 Å². The van der Waals surface area contributed by atoms with Gasteiger partial charge in [0.25, 0.3) is 0 Å². The Balaban J connectivity index is 3.24. The van der Waals surface area contributed by atoms with Crippen LogP contribution in [0.4, 0.5) is 4.39 Å². The van der Waals surface area contributed by atoms with Crippen molar-refractivity contribution in [1.29, 1.82) is 0 Å². The van der Waals surface area contributed by atoms with Gasteiger partial charge in [0.2, 0.25) is 0 Å². The van der Waals surface area contributed by atoms with Gasteiger partial charge in [0.1, 0.15) is 5.82 Å². The largest absolute Gasteiger partial charge is 0.478 e. The van der Waals surface area contributed by atoms with E-state index in [9.17, 15) is 9.18 Å². The molecule has 1 N–H and O–H groups in total. The molecule has 2 nitrogen and oxygen atoms in total. The number of hydrogen-bond acceptors (Lipinski definition) is 1.